The fourth-order valence-electron chi connectivity index (χ4n) is 1.35. The molecule has 2 rings (SSSR count). The molecule has 0 radical (unpaired) electrons. The van der Waals surface area contributed by atoms with Gasteiger partial charge in [-0.15, -0.1) is 11.3 Å². The van der Waals surface area contributed by atoms with Crippen LogP contribution in [0.4, 0.5) is 5.69 Å². The molecule has 1 aromatic heterocycles. The van der Waals surface area contributed by atoms with E-state index < -0.39 is 0 Å². The first-order valence-electron chi connectivity index (χ1n) is 5.63. The van der Waals surface area contributed by atoms with Crippen LogP contribution in [-0.2, 0) is 0 Å². The van der Waals surface area contributed by atoms with Gasteiger partial charge in [-0.2, -0.15) is 5.10 Å². The minimum atomic E-state index is 0.525. The van der Waals surface area contributed by atoms with E-state index in [4.69, 9.17) is 12.2 Å². The van der Waals surface area contributed by atoms with Gasteiger partial charge in [-0.25, -0.2) is 5.01 Å². The molecule has 0 bridgehead atoms. The molecule has 2 aromatic rings. The predicted molar refractivity (Wildman–Crippen MR) is 97.7 cm³/mol. The SMILES string of the molecule is CN(/N=C/c1cccs1)C(=S)Nc1cc(Br)ccc1Br. The Hall–Kier alpha value is -0.760. The molecular weight excluding hydrogens is 422 g/mol. The molecule has 0 amide bonds. The van der Waals surface area contributed by atoms with Crippen molar-refractivity contribution in [3.63, 3.8) is 0 Å². The van der Waals surface area contributed by atoms with Crippen LogP contribution in [0.25, 0.3) is 0 Å². The molecule has 0 aliphatic heterocycles. The van der Waals surface area contributed by atoms with E-state index in [-0.39, 0.29) is 0 Å². The van der Waals surface area contributed by atoms with E-state index in [9.17, 15) is 0 Å². The first-order chi connectivity index (χ1) is 9.56. The van der Waals surface area contributed by atoms with Crippen LogP contribution in [-0.4, -0.2) is 23.4 Å². The number of hydrogen-bond donors (Lipinski definition) is 1. The second kappa shape index (κ2) is 7.31. The predicted octanol–water partition coefficient (Wildman–Crippen LogP) is 4.94. The number of halogens is 2. The van der Waals surface area contributed by atoms with Crippen molar-refractivity contribution < 1.29 is 0 Å². The summed E-state index contributed by atoms with van der Waals surface area (Å²) >= 11 is 13.9. The van der Waals surface area contributed by atoms with Crippen LogP contribution in [0.1, 0.15) is 4.88 Å². The fourth-order valence-corrected chi connectivity index (χ4v) is 2.79. The number of thiophene rings is 1. The molecular formula is C13H11Br2N3S2. The summed E-state index contributed by atoms with van der Waals surface area (Å²) in [4.78, 5) is 1.09. The van der Waals surface area contributed by atoms with Gasteiger partial charge in [0.2, 0.25) is 0 Å². The molecule has 0 unspecified atom stereocenters. The van der Waals surface area contributed by atoms with Crippen LogP contribution in [0.15, 0.2) is 49.8 Å². The highest BCUT2D eigenvalue weighted by atomic mass is 79.9. The molecule has 0 fully saturated rings. The van der Waals surface area contributed by atoms with Crippen molar-refractivity contribution in [1.29, 1.82) is 0 Å². The number of benzene rings is 1. The van der Waals surface area contributed by atoms with Gasteiger partial charge in [-0.05, 0) is 57.8 Å². The quantitative estimate of drug-likeness (QED) is 0.423. The molecule has 0 saturated heterocycles. The van der Waals surface area contributed by atoms with Gasteiger partial charge in [0.05, 0.1) is 11.9 Å². The standard InChI is InChI=1S/C13H11Br2N3S2/c1-18(16-8-10-3-2-6-20-10)13(19)17-12-7-9(14)4-5-11(12)15/h2-8H,1H3,(H,17,19)/b16-8+. The molecule has 0 spiro atoms. The molecule has 104 valence electrons. The van der Waals surface area contributed by atoms with Gasteiger partial charge >= 0.3 is 0 Å². The Kier molecular flexibility index (Phi) is 5.71. The Bertz CT molecular complexity index is 627. The third-order valence-corrected chi connectivity index (χ3v) is 4.72. The van der Waals surface area contributed by atoms with Gasteiger partial charge in [0.1, 0.15) is 0 Å². The molecule has 1 aromatic carbocycles. The van der Waals surface area contributed by atoms with Gasteiger partial charge in [0.15, 0.2) is 5.11 Å². The molecule has 0 saturated carbocycles. The summed E-state index contributed by atoms with van der Waals surface area (Å²) in [6, 6.07) is 9.85. The fraction of sp³-hybridized carbons (Fsp3) is 0.0769. The molecule has 1 N–H and O–H groups in total. The lowest BCUT2D eigenvalue weighted by molar-refractivity contribution is 0.557. The maximum absolute atomic E-state index is 5.32. The number of anilines is 1. The summed E-state index contributed by atoms with van der Waals surface area (Å²) in [6.45, 7) is 0. The summed E-state index contributed by atoms with van der Waals surface area (Å²) in [7, 11) is 1.81. The van der Waals surface area contributed by atoms with Crippen molar-refractivity contribution in [2.45, 2.75) is 0 Å². The molecule has 20 heavy (non-hydrogen) atoms. The van der Waals surface area contributed by atoms with Gasteiger partial charge < -0.3 is 5.32 Å². The third kappa shape index (κ3) is 4.37. The zero-order valence-corrected chi connectivity index (χ0v) is 15.3. The Balaban J connectivity index is 2.02. The second-order valence-corrected chi connectivity index (χ2v) is 6.97. The van der Waals surface area contributed by atoms with E-state index in [2.05, 4.69) is 42.3 Å². The van der Waals surface area contributed by atoms with Crippen molar-refractivity contribution in [2.75, 3.05) is 12.4 Å². The monoisotopic (exact) mass is 431 g/mol. The van der Waals surface area contributed by atoms with Crippen molar-refractivity contribution in [3.05, 3.63) is 49.5 Å². The van der Waals surface area contributed by atoms with Crippen LogP contribution in [0.5, 0.6) is 0 Å². The third-order valence-electron chi connectivity index (χ3n) is 2.37. The lowest BCUT2D eigenvalue weighted by Crippen LogP contribution is -2.26. The number of hydrazone groups is 1. The summed E-state index contributed by atoms with van der Waals surface area (Å²) < 4.78 is 1.93. The van der Waals surface area contributed by atoms with Crippen molar-refractivity contribution in [2.24, 2.45) is 5.10 Å². The van der Waals surface area contributed by atoms with E-state index in [1.165, 1.54) is 0 Å². The molecule has 0 aliphatic carbocycles. The van der Waals surface area contributed by atoms with E-state index in [1.807, 2.05) is 42.8 Å². The average molecular weight is 433 g/mol. The van der Waals surface area contributed by atoms with Crippen molar-refractivity contribution in [1.82, 2.24) is 5.01 Å². The Morgan fingerprint density at radius 2 is 2.20 bits per heavy atom. The first-order valence-corrected chi connectivity index (χ1v) is 8.51. The lowest BCUT2D eigenvalue weighted by atomic mass is 10.3. The number of nitrogens with one attached hydrogen (secondary N) is 1. The minimum Gasteiger partial charge on any atom is -0.330 e. The lowest BCUT2D eigenvalue weighted by Gasteiger charge is -2.16. The molecule has 7 heteroatoms. The molecule has 1 heterocycles. The first kappa shape index (κ1) is 15.6. The largest absolute Gasteiger partial charge is 0.330 e. The van der Waals surface area contributed by atoms with Gasteiger partial charge in [0.25, 0.3) is 0 Å². The summed E-state index contributed by atoms with van der Waals surface area (Å²) in [6.07, 6.45) is 1.79. The van der Waals surface area contributed by atoms with Crippen LogP contribution in [0.3, 0.4) is 0 Å². The van der Waals surface area contributed by atoms with Gasteiger partial charge in [-0.1, -0.05) is 22.0 Å². The number of hydrogen-bond acceptors (Lipinski definition) is 3. The van der Waals surface area contributed by atoms with E-state index in [1.54, 1.807) is 22.6 Å². The molecule has 3 nitrogen and oxygen atoms in total. The van der Waals surface area contributed by atoms with Crippen LogP contribution in [0.2, 0.25) is 0 Å². The van der Waals surface area contributed by atoms with Gasteiger partial charge in [-0.3, -0.25) is 0 Å². The maximum Gasteiger partial charge on any atom is 0.193 e. The highest BCUT2D eigenvalue weighted by Gasteiger charge is 2.06. The zero-order valence-electron chi connectivity index (χ0n) is 10.5. The Morgan fingerprint density at radius 1 is 1.40 bits per heavy atom. The summed E-state index contributed by atoms with van der Waals surface area (Å²) in [5.41, 5.74) is 0.891. The van der Waals surface area contributed by atoms with Crippen LogP contribution < -0.4 is 5.32 Å². The second-order valence-electron chi connectivity index (χ2n) is 3.84. The number of nitrogens with zero attached hydrogens (tertiary/aromatic N) is 2. The number of rotatable bonds is 3. The molecule has 0 aliphatic rings. The van der Waals surface area contributed by atoms with Crippen molar-refractivity contribution in [3.8, 4) is 0 Å². The smallest absolute Gasteiger partial charge is 0.193 e. The zero-order chi connectivity index (χ0) is 14.5. The van der Waals surface area contributed by atoms with Crippen molar-refractivity contribution >= 4 is 72.4 Å². The minimum absolute atomic E-state index is 0.525. The van der Waals surface area contributed by atoms with E-state index >= 15 is 0 Å². The topological polar surface area (TPSA) is 27.6 Å². The average Bonchev–Trinajstić information content (AvgIpc) is 2.93. The number of thiocarbonyl (C=S) groups is 1. The normalized spacial score (nSPS) is 10.8. The highest BCUT2D eigenvalue weighted by molar-refractivity contribution is 9.11. The van der Waals surface area contributed by atoms with Crippen LogP contribution in [0, 0.1) is 0 Å². The van der Waals surface area contributed by atoms with E-state index in [0.29, 0.717) is 5.11 Å². The molecule has 0 atom stereocenters. The van der Waals surface area contributed by atoms with E-state index in [0.717, 1.165) is 19.5 Å². The highest BCUT2D eigenvalue weighted by Crippen LogP contribution is 2.26. The summed E-state index contributed by atoms with van der Waals surface area (Å²) in [5.74, 6) is 0. The Labute approximate surface area is 143 Å². The van der Waals surface area contributed by atoms with Crippen LogP contribution >= 0.6 is 55.4 Å². The van der Waals surface area contributed by atoms with Gasteiger partial charge in [0, 0.05) is 20.9 Å². The Morgan fingerprint density at radius 3 is 2.90 bits per heavy atom. The maximum atomic E-state index is 5.32. The summed E-state index contributed by atoms with van der Waals surface area (Å²) in [5, 5.41) is 11.6.